The lowest BCUT2D eigenvalue weighted by molar-refractivity contribution is 0.341. The lowest BCUT2D eigenvalue weighted by atomic mass is 10.2. The smallest absolute Gasteiger partial charge is 0.132 e. The van der Waals surface area contributed by atoms with Gasteiger partial charge in [-0.25, -0.2) is 0 Å². The van der Waals surface area contributed by atoms with Crippen LogP contribution in [0.4, 0.5) is 0 Å². The van der Waals surface area contributed by atoms with E-state index in [9.17, 15) is 0 Å². The summed E-state index contributed by atoms with van der Waals surface area (Å²) in [5.41, 5.74) is 1.10. The highest BCUT2D eigenvalue weighted by molar-refractivity contribution is 14.1. The highest BCUT2D eigenvalue weighted by Gasteiger charge is 1.98. The molecule has 1 rings (SSSR count). The summed E-state index contributed by atoms with van der Waals surface area (Å²) in [4.78, 5) is 0. The zero-order valence-electron chi connectivity index (χ0n) is 7.58. The summed E-state index contributed by atoms with van der Waals surface area (Å²) in [6.45, 7) is 0. The van der Waals surface area contributed by atoms with Gasteiger partial charge in [-0.2, -0.15) is 0 Å². The van der Waals surface area contributed by atoms with E-state index in [0.717, 1.165) is 14.9 Å². The van der Waals surface area contributed by atoms with Gasteiger partial charge in [-0.15, -0.1) is 0 Å². The van der Waals surface area contributed by atoms with E-state index in [4.69, 9.17) is 9.47 Å². The molecule has 1 aromatic rings. The van der Waals surface area contributed by atoms with E-state index >= 15 is 0 Å². The van der Waals surface area contributed by atoms with Gasteiger partial charge < -0.3 is 9.47 Å². The number of benzene rings is 1. The molecular formula is C10H11IO2. The first-order valence-electron chi connectivity index (χ1n) is 3.81. The first-order chi connectivity index (χ1) is 6.27. The lowest BCUT2D eigenvalue weighted by Gasteiger charge is -2.03. The van der Waals surface area contributed by atoms with Crippen molar-refractivity contribution >= 4 is 28.7 Å². The van der Waals surface area contributed by atoms with Crippen LogP contribution < -0.4 is 4.74 Å². The molecule has 0 atom stereocenters. The molecule has 0 spiro atoms. The van der Waals surface area contributed by atoms with Crippen molar-refractivity contribution in [2.24, 2.45) is 0 Å². The molecule has 0 bridgehead atoms. The monoisotopic (exact) mass is 290 g/mol. The fourth-order valence-corrected chi connectivity index (χ4v) is 1.69. The highest BCUT2D eigenvalue weighted by Crippen LogP contribution is 2.21. The molecule has 0 saturated heterocycles. The normalized spacial score (nSPS) is 10.4. The van der Waals surface area contributed by atoms with E-state index in [1.807, 2.05) is 24.3 Å². The quantitative estimate of drug-likeness (QED) is 0.629. The molecular weight excluding hydrogens is 279 g/mol. The van der Waals surface area contributed by atoms with Crippen LogP contribution in [0.15, 0.2) is 24.5 Å². The maximum Gasteiger partial charge on any atom is 0.132 e. The summed E-state index contributed by atoms with van der Waals surface area (Å²) >= 11 is 2.24. The SMILES string of the molecule is CO/C=C\c1ccc(OC)c(I)c1. The number of ether oxygens (including phenoxy) is 2. The minimum absolute atomic E-state index is 0.898. The van der Waals surface area contributed by atoms with Crippen molar-refractivity contribution in [2.45, 2.75) is 0 Å². The zero-order chi connectivity index (χ0) is 9.68. The van der Waals surface area contributed by atoms with Crippen LogP contribution in [0.5, 0.6) is 5.75 Å². The second-order valence-electron chi connectivity index (χ2n) is 2.43. The molecule has 0 radical (unpaired) electrons. The molecule has 0 unspecified atom stereocenters. The van der Waals surface area contributed by atoms with Crippen LogP contribution in [-0.2, 0) is 4.74 Å². The van der Waals surface area contributed by atoms with Gasteiger partial charge in [0.2, 0.25) is 0 Å². The summed E-state index contributed by atoms with van der Waals surface area (Å²) in [6, 6.07) is 5.96. The van der Waals surface area contributed by atoms with Gasteiger partial charge >= 0.3 is 0 Å². The van der Waals surface area contributed by atoms with Gasteiger partial charge in [-0.05, 0) is 46.4 Å². The molecule has 3 heteroatoms. The third-order valence-corrected chi connectivity index (χ3v) is 2.42. The van der Waals surface area contributed by atoms with Crippen molar-refractivity contribution < 1.29 is 9.47 Å². The molecule has 0 aliphatic heterocycles. The van der Waals surface area contributed by atoms with Crippen molar-refractivity contribution in [2.75, 3.05) is 14.2 Å². The van der Waals surface area contributed by atoms with Crippen LogP contribution in [0.1, 0.15) is 5.56 Å². The number of rotatable bonds is 3. The number of halogens is 1. The van der Waals surface area contributed by atoms with Crippen LogP contribution >= 0.6 is 22.6 Å². The third-order valence-electron chi connectivity index (χ3n) is 1.57. The first kappa shape index (κ1) is 10.4. The summed E-state index contributed by atoms with van der Waals surface area (Å²) in [5.74, 6) is 0.898. The summed E-state index contributed by atoms with van der Waals surface area (Å²) in [6.07, 6.45) is 3.56. The van der Waals surface area contributed by atoms with Gasteiger partial charge in [-0.1, -0.05) is 6.07 Å². The Kier molecular flexibility index (Phi) is 4.08. The Morgan fingerprint density at radius 1 is 1.31 bits per heavy atom. The third kappa shape index (κ3) is 2.91. The molecule has 70 valence electrons. The molecule has 1 aromatic carbocycles. The van der Waals surface area contributed by atoms with Gasteiger partial charge in [0.15, 0.2) is 0 Å². The largest absolute Gasteiger partial charge is 0.504 e. The van der Waals surface area contributed by atoms with Gasteiger partial charge in [0.1, 0.15) is 5.75 Å². The summed E-state index contributed by atoms with van der Waals surface area (Å²) < 4.78 is 11.1. The van der Waals surface area contributed by atoms with Crippen molar-refractivity contribution in [1.29, 1.82) is 0 Å². The Bertz CT molecular complexity index is 308. The highest BCUT2D eigenvalue weighted by atomic mass is 127. The topological polar surface area (TPSA) is 18.5 Å². The molecule has 2 nitrogen and oxygen atoms in total. The van der Waals surface area contributed by atoms with Crippen molar-refractivity contribution in [3.8, 4) is 5.75 Å². The Morgan fingerprint density at radius 3 is 2.62 bits per heavy atom. The van der Waals surface area contributed by atoms with Crippen LogP contribution in [0.3, 0.4) is 0 Å². The predicted octanol–water partition coefficient (Wildman–Crippen LogP) is 2.92. The van der Waals surface area contributed by atoms with Gasteiger partial charge in [-0.3, -0.25) is 0 Å². The fraction of sp³-hybridized carbons (Fsp3) is 0.200. The van der Waals surface area contributed by atoms with Gasteiger partial charge in [0.05, 0.1) is 24.1 Å². The minimum Gasteiger partial charge on any atom is -0.504 e. The Morgan fingerprint density at radius 2 is 2.08 bits per heavy atom. The van der Waals surface area contributed by atoms with Crippen LogP contribution in [0.2, 0.25) is 0 Å². The maximum absolute atomic E-state index is 5.14. The van der Waals surface area contributed by atoms with Crippen molar-refractivity contribution in [1.82, 2.24) is 0 Å². The maximum atomic E-state index is 5.14. The average Bonchev–Trinajstić information content (AvgIpc) is 2.15. The number of hydrogen-bond acceptors (Lipinski definition) is 2. The van der Waals surface area contributed by atoms with E-state index in [0.29, 0.717) is 0 Å². The van der Waals surface area contributed by atoms with Crippen LogP contribution in [-0.4, -0.2) is 14.2 Å². The van der Waals surface area contributed by atoms with Crippen LogP contribution in [0, 0.1) is 3.57 Å². The molecule has 0 heterocycles. The Balaban J connectivity index is 2.89. The van der Waals surface area contributed by atoms with Crippen molar-refractivity contribution in [3.63, 3.8) is 0 Å². The second kappa shape index (κ2) is 5.11. The molecule has 0 aromatic heterocycles. The van der Waals surface area contributed by atoms with Gasteiger partial charge in [0.25, 0.3) is 0 Å². The van der Waals surface area contributed by atoms with Crippen LogP contribution in [0.25, 0.3) is 6.08 Å². The van der Waals surface area contributed by atoms with E-state index in [2.05, 4.69) is 22.6 Å². The van der Waals surface area contributed by atoms with Gasteiger partial charge in [0, 0.05) is 0 Å². The molecule has 0 amide bonds. The van der Waals surface area contributed by atoms with E-state index in [1.165, 1.54) is 0 Å². The second-order valence-corrected chi connectivity index (χ2v) is 3.59. The Hall–Kier alpha value is -0.710. The lowest BCUT2D eigenvalue weighted by Crippen LogP contribution is -1.86. The van der Waals surface area contributed by atoms with Crippen molar-refractivity contribution in [3.05, 3.63) is 33.6 Å². The molecule has 0 aliphatic rings. The minimum atomic E-state index is 0.898. The zero-order valence-corrected chi connectivity index (χ0v) is 9.74. The van der Waals surface area contributed by atoms with E-state index in [1.54, 1.807) is 20.5 Å². The molecule has 13 heavy (non-hydrogen) atoms. The Labute approximate surface area is 91.7 Å². The van der Waals surface area contributed by atoms with E-state index < -0.39 is 0 Å². The number of methoxy groups -OCH3 is 2. The average molecular weight is 290 g/mol. The number of hydrogen-bond donors (Lipinski definition) is 0. The fourth-order valence-electron chi connectivity index (χ4n) is 0.933. The molecule has 0 saturated carbocycles. The molecule has 0 N–H and O–H groups in total. The predicted molar refractivity (Wildman–Crippen MR) is 61.8 cm³/mol. The molecule has 0 aliphatic carbocycles. The standard InChI is InChI=1S/C10H11IO2/c1-12-6-5-8-3-4-10(13-2)9(11)7-8/h3-7H,1-2H3/b6-5-. The van der Waals surface area contributed by atoms with E-state index in [-0.39, 0.29) is 0 Å². The summed E-state index contributed by atoms with van der Waals surface area (Å²) in [5, 5.41) is 0. The first-order valence-corrected chi connectivity index (χ1v) is 4.88. The summed E-state index contributed by atoms with van der Waals surface area (Å²) in [7, 11) is 3.30. The molecule has 0 fully saturated rings.